The number of hydrogen-bond acceptors (Lipinski definition) is 1. The molecule has 1 nitrogen and oxygen atoms in total. The smallest absolute Gasteiger partial charge is 0.0747 e. The summed E-state index contributed by atoms with van der Waals surface area (Å²) >= 11 is 0. The van der Waals surface area contributed by atoms with Crippen molar-refractivity contribution in [2.75, 3.05) is 0 Å². The zero-order valence-corrected chi connectivity index (χ0v) is 7.83. The molecule has 0 saturated carbocycles. The third-order valence-electron chi connectivity index (χ3n) is 2.04. The van der Waals surface area contributed by atoms with Gasteiger partial charge in [-0.05, 0) is 18.9 Å². The number of benzene rings is 1. The van der Waals surface area contributed by atoms with E-state index in [1.807, 2.05) is 31.2 Å². The number of nitriles is 1. The van der Waals surface area contributed by atoms with Gasteiger partial charge in [-0.1, -0.05) is 35.9 Å². The molecule has 1 atom stereocenters. The van der Waals surface area contributed by atoms with Gasteiger partial charge in [-0.3, -0.25) is 0 Å². The van der Waals surface area contributed by atoms with Crippen LogP contribution in [0.25, 0.3) is 0 Å². The molecule has 0 heterocycles. The molecule has 0 unspecified atom stereocenters. The first-order chi connectivity index (χ1) is 6.27. The van der Waals surface area contributed by atoms with Gasteiger partial charge in [-0.25, -0.2) is 0 Å². The lowest BCUT2D eigenvalue weighted by Crippen LogP contribution is -1.93. The highest BCUT2D eigenvalue weighted by Crippen LogP contribution is 2.19. The monoisotopic (exact) mass is 171 g/mol. The average molecular weight is 171 g/mol. The lowest BCUT2D eigenvalue weighted by Gasteiger charge is -2.06. The van der Waals surface area contributed by atoms with Crippen molar-refractivity contribution < 1.29 is 0 Å². The number of allylic oxidation sites excluding steroid dienone is 1. The Bertz CT molecular complexity index is 316. The second-order valence-electron chi connectivity index (χ2n) is 3.12. The fourth-order valence-corrected chi connectivity index (χ4v) is 1.23. The van der Waals surface area contributed by atoms with E-state index in [2.05, 4.69) is 12.6 Å². The van der Waals surface area contributed by atoms with Crippen molar-refractivity contribution in [3.05, 3.63) is 48.0 Å². The second kappa shape index (κ2) is 4.47. The van der Waals surface area contributed by atoms with Crippen LogP contribution in [-0.2, 0) is 0 Å². The minimum atomic E-state index is -0.0434. The van der Waals surface area contributed by atoms with Crippen LogP contribution in [-0.4, -0.2) is 0 Å². The van der Waals surface area contributed by atoms with Crippen LogP contribution < -0.4 is 0 Å². The van der Waals surface area contributed by atoms with Crippen LogP contribution in [0.4, 0.5) is 0 Å². The molecule has 66 valence electrons. The van der Waals surface area contributed by atoms with Crippen LogP contribution in [0.2, 0.25) is 0 Å². The maximum absolute atomic E-state index is 8.88. The van der Waals surface area contributed by atoms with E-state index in [-0.39, 0.29) is 5.92 Å². The Labute approximate surface area is 79.3 Å². The van der Waals surface area contributed by atoms with Crippen molar-refractivity contribution >= 4 is 0 Å². The van der Waals surface area contributed by atoms with Gasteiger partial charge in [0.15, 0.2) is 0 Å². The Morgan fingerprint density at radius 1 is 1.46 bits per heavy atom. The summed E-state index contributed by atoms with van der Waals surface area (Å²) in [5.41, 5.74) is 2.30. The summed E-state index contributed by atoms with van der Waals surface area (Å²) in [6.45, 7) is 5.68. The normalized spacial score (nSPS) is 11.7. The van der Waals surface area contributed by atoms with Crippen molar-refractivity contribution in [2.45, 2.75) is 19.3 Å². The highest BCUT2D eigenvalue weighted by Gasteiger charge is 2.06. The molecule has 1 heteroatoms. The highest BCUT2D eigenvalue weighted by atomic mass is 14.3. The van der Waals surface area contributed by atoms with E-state index in [9.17, 15) is 0 Å². The molecular weight excluding hydrogens is 158 g/mol. The quantitative estimate of drug-likeness (QED) is 0.641. The fraction of sp³-hybridized carbons (Fsp3) is 0.250. The summed E-state index contributed by atoms with van der Waals surface area (Å²) < 4.78 is 0. The van der Waals surface area contributed by atoms with Crippen molar-refractivity contribution in [1.29, 1.82) is 5.26 Å². The Morgan fingerprint density at radius 2 is 2.08 bits per heavy atom. The maximum atomic E-state index is 8.88. The van der Waals surface area contributed by atoms with Gasteiger partial charge in [0.2, 0.25) is 0 Å². The topological polar surface area (TPSA) is 23.8 Å². The van der Waals surface area contributed by atoms with Crippen LogP contribution >= 0.6 is 0 Å². The van der Waals surface area contributed by atoms with Gasteiger partial charge in [0.05, 0.1) is 12.0 Å². The minimum Gasteiger partial charge on any atom is -0.198 e. The summed E-state index contributed by atoms with van der Waals surface area (Å²) in [6, 6.07) is 10.3. The molecule has 0 aromatic heterocycles. The molecule has 13 heavy (non-hydrogen) atoms. The van der Waals surface area contributed by atoms with E-state index in [0.29, 0.717) is 0 Å². The first-order valence-corrected chi connectivity index (χ1v) is 4.35. The van der Waals surface area contributed by atoms with E-state index < -0.39 is 0 Å². The SMILES string of the molecule is C=CC[C@H](C#N)c1ccc(C)cc1. The molecule has 1 aromatic rings. The summed E-state index contributed by atoms with van der Waals surface area (Å²) in [6.07, 6.45) is 2.51. The van der Waals surface area contributed by atoms with Crippen molar-refractivity contribution in [3.8, 4) is 6.07 Å². The third-order valence-corrected chi connectivity index (χ3v) is 2.04. The van der Waals surface area contributed by atoms with Gasteiger partial charge in [0, 0.05) is 0 Å². The number of nitrogens with zero attached hydrogens (tertiary/aromatic N) is 1. The van der Waals surface area contributed by atoms with E-state index >= 15 is 0 Å². The predicted molar refractivity (Wildman–Crippen MR) is 54.3 cm³/mol. The molecule has 0 radical (unpaired) electrons. The van der Waals surface area contributed by atoms with Gasteiger partial charge in [-0.15, -0.1) is 6.58 Å². The largest absolute Gasteiger partial charge is 0.198 e. The van der Waals surface area contributed by atoms with Crippen LogP contribution in [0.15, 0.2) is 36.9 Å². The van der Waals surface area contributed by atoms with Crippen LogP contribution in [0.5, 0.6) is 0 Å². The van der Waals surface area contributed by atoms with Gasteiger partial charge in [0.25, 0.3) is 0 Å². The summed E-state index contributed by atoms with van der Waals surface area (Å²) in [5, 5.41) is 8.88. The molecule has 0 aliphatic carbocycles. The molecule has 0 spiro atoms. The fourth-order valence-electron chi connectivity index (χ4n) is 1.23. The highest BCUT2D eigenvalue weighted by molar-refractivity contribution is 5.28. The predicted octanol–water partition coefficient (Wildman–Crippen LogP) is 3.18. The van der Waals surface area contributed by atoms with Crippen LogP contribution in [0, 0.1) is 18.3 Å². The molecule has 0 bridgehead atoms. The number of rotatable bonds is 3. The van der Waals surface area contributed by atoms with E-state index in [0.717, 1.165) is 12.0 Å². The van der Waals surface area contributed by atoms with E-state index in [1.165, 1.54) is 5.56 Å². The molecule has 0 amide bonds. The van der Waals surface area contributed by atoms with E-state index in [4.69, 9.17) is 5.26 Å². The first kappa shape index (κ1) is 9.54. The Morgan fingerprint density at radius 3 is 2.54 bits per heavy atom. The zero-order chi connectivity index (χ0) is 9.68. The van der Waals surface area contributed by atoms with Gasteiger partial charge in [-0.2, -0.15) is 5.26 Å². The minimum absolute atomic E-state index is 0.0434. The molecule has 0 saturated heterocycles. The van der Waals surface area contributed by atoms with E-state index in [1.54, 1.807) is 6.08 Å². The molecular formula is C12H13N. The molecule has 1 rings (SSSR count). The molecule has 0 aliphatic rings. The van der Waals surface area contributed by atoms with Crippen LogP contribution in [0.3, 0.4) is 0 Å². The van der Waals surface area contributed by atoms with Crippen molar-refractivity contribution in [1.82, 2.24) is 0 Å². The lowest BCUT2D eigenvalue weighted by atomic mass is 9.96. The Kier molecular flexibility index (Phi) is 3.28. The van der Waals surface area contributed by atoms with Crippen molar-refractivity contribution in [2.24, 2.45) is 0 Å². The lowest BCUT2D eigenvalue weighted by molar-refractivity contribution is 0.878. The molecule has 0 aliphatic heterocycles. The number of hydrogen-bond donors (Lipinski definition) is 0. The Hall–Kier alpha value is -1.55. The number of aryl methyl sites for hydroxylation is 1. The Balaban J connectivity index is 2.87. The third kappa shape index (κ3) is 2.45. The van der Waals surface area contributed by atoms with Gasteiger partial charge < -0.3 is 0 Å². The van der Waals surface area contributed by atoms with Crippen molar-refractivity contribution in [3.63, 3.8) is 0 Å². The van der Waals surface area contributed by atoms with Gasteiger partial charge in [0.1, 0.15) is 0 Å². The second-order valence-corrected chi connectivity index (χ2v) is 3.12. The average Bonchev–Trinajstić information content (AvgIpc) is 2.16. The zero-order valence-electron chi connectivity index (χ0n) is 7.83. The van der Waals surface area contributed by atoms with Gasteiger partial charge >= 0.3 is 0 Å². The summed E-state index contributed by atoms with van der Waals surface area (Å²) in [5.74, 6) is -0.0434. The summed E-state index contributed by atoms with van der Waals surface area (Å²) in [7, 11) is 0. The molecule has 0 fully saturated rings. The molecule has 0 N–H and O–H groups in total. The maximum Gasteiger partial charge on any atom is 0.0747 e. The van der Waals surface area contributed by atoms with Crippen LogP contribution in [0.1, 0.15) is 23.5 Å². The first-order valence-electron chi connectivity index (χ1n) is 4.35. The summed E-state index contributed by atoms with van der Waals surface area (Å²) in [4.78, 5) is 0. The molecule has 1 aromatic carbocycles. The standard InChI is InChI=1S/C12H13N/c1-3-4-12(9-13)11-7-5-10(2)6-8-11/h3,5-8,12H,1,4H2,2H3/t12-/m1/s1.